The molecule has 1 amide bonds. The van der Waals surface area contributed by atoms with Gasteiger partial charge >= 0.3 is 165 Å². The van der Waals surface area contributed by atoms with E-state index < -0.39 is 113 Å². The maximum atomic E-state index is 12.3. The molecule has 239 valence electrons. The molecule has 0 aliphatic carbocycles. The van der Waals surface area contributed by atoms with Crippen molar-refractivity contribution in [1.29, 1.82) is 0 Å². The van der Waals surface area contributed by atoms with Crippen LogP contribution in [0.4, 0.5) is 17.1 Å². The Kier molecular flexibility index (Phi) is 21.1. The molecule has 6 N–H and O–H groups in total. The molecule has 0 aromatic heterocycles. The van der Waals surface area contributed by atoms with Gasteiger partial charge in [0.05, 0.1) is 27.8 Å². The van der Waals surface area contributed by atoms with Gasteiger partial charge < -0.3 is 15.5 Å². The van der Waals surface area contributed by atoms with Crippen molar-refractivity contribution in [3.8, 4) is 11.5 Å². The van der Waals surface area contributed by atoms with Crippen molar-refractivity contribution < 1.29 is 238 Å². The predicted molar refractivity (Wildman–Crippen MR) is 141 cm³/mol. The minimum Gasteiger partial charge on any atom is -0.506 e. The molecule has 0 spiro atoms. The summed E-state index contributed by atoms with van der Waals surface area (Å²) < 4.78 is 125. The fraction of sp³-hybridized carbons (Fsp3) is 0.150. The Morgan fingerprint density at radius 1 is 0.826 bits per heavy atom. The van der Waals surface area contributed by atoms with Crippen LogP contribution in [-0.4, -0.2) is 75.8 Å². The first-order valence-electron chi connectivity index (χ1n) is 10.8. The number of benzene rings is 3. The number of rotatable bonds is 10. The number of sulfone groups is 1. The van der Waals surface area contributed by atoms with Crippen molar-refractivity contribution in [2.24, 2.45) is 10.2 Å². The maximum absolute atomic E-state index is 12.3. The second-order valence-electron chi connectivity index (χ2n) is 8.19. The first-order chi connectivity index (χ1) is 19.1. The summed E-state index contributed by atoms with van der Waals surface area (Å²) in [5.41, 5.74) is -1.86. The molecule has 0 bridgehead atoms. The number of nitrogens with zero attached hydrogens (tertiary/aromatic N) is 2. The molecule has 0 heterocycles. The smallest absolute Gasteiger partial charge is 0.506 e. The minimum atomic E-state index is -5.22. The first kappa shape index (κ1) is 49.8. The molecule has 26 heteroatoms. The number of carbonyl (C=O) groups excluding carboxylic acids is 1. The van der Waals surface area contributed by atoms with Gasteiger partial charge in [0.25, 0.3) is 20.2 Å². The summed E-state index contributed by atoms with van der Waals surface area (Å²) >= 11 is 0. The van der Waals surface area contributed by atoms with Gasteiger partial charge in [-0.25, -0.2) is 12.6 Å². The summed E-state index contributed by atoms with van der Waals surface area (Å²) in [5.74, 6) is -3.59. The summed E-state index contributed by atoms with van der Waals surface area (Å²) in [6, 6.07) is 4.60. The van der Waals surface area contributed by atoms with Gasteiger partial charge in [-0.05, 0) is 35.7 Å². The third-order valence-electron chi connectivity index (χ3n) is 5.16. The Labute approximate surface area is 401 Å². The van der Waals surface area contributed by atoms with Gasteiger partial charge in [0.2, 0.25) is 5.91 Å². The third-order valence-corrected chi connectivity index (χ3v) is 9.00. The van der Waals surface area contributed by atoms with Gasteiger partial charge in [-0.3, -0.25) is 18.5 Å². The quantitative estimate of drug-likeness (QED) is 0.0628. The third kappa shape index (κ3) is 13.7. The number of amides is 1. The van der Waals surface area contributed by atoms with Gasteiger partial charge in [0, 0.05) is 35.4 Å². The van der Waals surface area contributed by atoms with Crippen molar-refractivity contribution in [3.05, 3.63) is 36.4 Å². The molecule has 3 rings (SSSR count). The average Bonchev–Trinajstić information content (AvgIpc) is 2.81. The molecule has 0 saturated heterocycles. The molecular weight excluding hydrogens is 831 g/mol. The maximum Gasteiger partial charge on any atom is 1.00 e. The molecule has 18 nitrogen and oxygen atoms in total. The van der Waals surface area contributed by atoms with Crippen LogP contribution in [0, 0.1) is 0 Å². The zero-order chi connectivity index (χ0) is 31.8. The number of fused-ring (bicyclic) bond motifs is 1. The number of azo groups is 1. The number of carbonyl (C=O) groups is 1. The Morgan fingerprint density at radius 3 is 1.89 bits per heavy atom. The summed E-state index contributed by atoms with van der Waals surface area (Å²) in [6.07, 6.45) is 0. The molecule has 0 fully saturated rings. The SMILES string of the molecule is CC(=O)Nc1cc(S(=O)(=O)O)cc2cc(S(=O)(=O)O)c(N=Nc3ccc(S(=O)(=O)CCOS(=O)(=O)O)cc3O)c(O)c12.[Cu].[K+].[K+].[K+]. The fourth-order valence-corrected chi connectivity index (χ4v) is 6.15. The minimum absolute atomic E-state index is 0. The van der Waals surface area contributed by atoms with Gasteiger partial charge in [0.15, 0.2) is 15.6 Å². The summed E-state index contributed by atoms with van der Waals surface area (Å²) in [7, 11) is -19.3. The number of phenolic OH excluding ortho intramolecular Hbond substituents is 2. The van der Waals surface area contributed by atoms with Gasteiger partial charge in [-0.2, -0.15) is 25.3 Å². The molecule has 0 unspecified atom stereocenters. The molecule has 1 radical (unpaired) electrons. The number of nitrogens with one attached hydrogen (secondary N) is 1. The Balaban J connectivity index is 0. The predicted octanol–water partition coefficient (Wildman–Crippen LogP) is -7.28. The molecule has 0 saturated carbocycles. The second kappa shape index (κ2) is 19.5. The van der Waals surface area contributed by atoms with Crippen LogP contribution in [0.1, 0.15) is 6.92 Å². The van der Waals surface area contributed by atoms with Gasteiger partial charge in [0.1, 0.15) is 22.0 Å². The zero-order valence-electron chi connectivity index (χ0n) is 24.0. The van der Waals surface area contributed by atoms with Crippen molar-refractivity contribution in [2.45, 2.75) is 21.6 Å². The summed E-state index contributed by atoms with van der Waals surface area (Å²) in [6.45, 7) is 0.0691. The summed E-state index contributed by atoms with van der Waals surface area (Å²) in [4.78, 5) is 9.23. The van der Waals surface area contributed by atoms with Crippen LogP contribution in [0.5, 0.6) is 11.5 Å². The number of hydrogen-bond donors (Lipinski definition) is 6. The monoisotopic (exact) mass is 849 g/mol. The van der Waals surface area contributed by atoms with Crippen LogP contribution >= 0.6 is 0 Å². The largest absolute Gasteiger partial charge is 1.00 e. The second-order valence-corrected chi connectivity index (χ2v) is 14.2. The van der Waals surface area contributed by atoms with Gasteiger partial charge in [-0.15, -0.1) is 10.2 Å². The Morgan fingerprint density at radius 2 is 1.41 bits per heavy atom. The zero-order valence-corrected chi connectivity index (χ0v) is 37.6. The standard InChI is InChI=1S/C20H19N3O15S4.Cu.3K/c1-10(24)21-15-8-13(40(29,30)31)6-11-7-17(41(32,33)34)19(20(26)18(11)15)23-22-14-3-2-12(9-16(14)25)39(27,28)5-4-38-42(35,36)37;;;;/h2-3,6-9,25-26H,4-5H2,1H3,(H,21,24)(H,29,30,31)(H,32,33,34)(H,35,36,37);;;;/q;;3*+1. The van der Waals surface area contributed by atoms with E-state index in [4.69, 9.17) is 4.55 Å². The van der Waals surface area contributed by atoms with Crippen LogP contribution in [-0.2, 0) is 66.5 Å². The van der Waals surface area contributed by atoms with Crippen LogP contribution in [0.15, 0.2) is 61.3 Å². The number of aromatic hydroxyl groups is 2. The normalized spacial score (nSPS) is 11.9. The molecule has 46 heavy (non-hydrogen) atoms. The Hall–Kier alpha value is 1.66. The van der Waals surface area contributed by atoms with Gasteiger partial charge in [-0.1, -0.05) is 0 Å². The van der Waals surface area contributed by atoms with E-state index in [2.05, 4.69) is 19.7 Å². The number of hydrogen-bond acceptors (Lipinski definition) is 14. The van der Waals surface area contributed by atoms with Crippen molar-refractivity contribution in [1.82, 2.24) is 0 Å². The van der Waals surface area contributed by atoms with E-state index in [1.54, 1.807) is 0 Å². The molecule has 3 aromatic rings. The molecule has 0 aliphatic rings. The first-order valence-corrected chi connectivity index (χ1v) is 16.7. The van der Waals surface area contributed by atoms with E-state index in [9.17, 15) is 57.8 Å². The van der Waals surface area contributed by atoms with Crippen molar-refractivity contribution in [3.63, 3.8) is 0 Å². The molecule has 3 aromatic carbocycles. The van der Waals surface area contributed by atoms with Crippen LogP contribution in [0.2, 0.25) is 0 Å². The topological polar surface area (TPSA) is 301 Å². The van der Waals surface area contributed by atoms with E-state index in [-0.39, 0.29) is 171 Å². The molecule has 0 atom stereocenters. The van der Waals surface area contributed by atoms with Crippen LogP contribution in [0.3, 0.4) is 0 Å². The van der Waals surface area contributed by atoms with E-state index in [1.807, 2.05) is 0 Å². The van der Waals surface area contributed by atoms with E-state index >= 15 is 0 Å². The Bertz CT molecular complexity index is 2100. The number of phenols is 2. The van der Waals surface area contributed by atoms with E-state index in [0.29, 0.717) is 12.1 Å². The molecular formula is C20H19CuK3N3O15S4+3. The van der Waals surface area contributed by atoms with E-state index in [1.165, 1.54) is 0 Å². The number of anilines is 1. The van der Waals surface area contributed by atoms with Crippen molar-refractivity contribution >= 4 is 74.2 Å². The van der Waals surface area contributed by atoms with Crippen LogP contribution in [0.25, 0.3) is 10.8 Å². The van der Waals surface area contributed by atoms with Crippen LogP contribution < -0.4 is 159 Å². The summed E-state index contributed by atoms with van der Waals surface area (Å²) in [5, 5.41) is 29.7. The molecule has 0 aliphatic heterocycles. The average molecular weight is 850 g/mol. The van der Waals surface area contributed by atoms with E-state index in [0.717, 1.165) is 31.2 Å². The fourth-order valence-electron chi connectivity index (χ4n) is 3.44. The van der Waals surface area contributed by atoms with Crippen molar-refractivity contribution in [2.75, 3.05) is 17.7 Å².